The van der Waals surface area contributed by atoms with Crippen molar-refractivity contribution in [2.75, 3.05) is 4.72 Å². The van der Waals surface area contributed by atoms with Crippen LogP contribution in [-0.4, -0.2) is 39.9 Å². The minimum absolute atomic E-state index is 0.0429. The van der Waals surface area contributed by atoms with Crippen molar-refractivity contribution in [3.05, 3.63) is 174 Å². The van der Waals surface area contributed by atoms with Crippen LogP contribution in [0.15, 0.2) is 120 Å². The second kappa shape index (κ2) is 22.2. The third-order valence-electron chi connectivity index (χ3n) is 8.89. The van der Waals surface area contributed by atoms with Gasteiger partial charge in [-0.15, -0.1) is 22.7 Å². The quantitative estimate of drug-likeness (QED) is 0.0296. The van der Waals surface area contributed by atoms with Crippen LogP contribution in [0.1, 0.15) is 69.6 Å². The largest absolute Gasteiger partial charge is 0.357 e. The number of benzene rings is 4. The number of hydrogen-bond donors (Lipinski definition) is 6. The first kappa shape index (κ1) is 44.9. The lowest BCUT2D eigenvalue weighted by molar-refractivity contribution is -0.384. The second-order valence-electron chi connectivity index (χ2n) is 13.4. The maximum Gasteiger partial charge on any atom is 0.357 e. The summed E-state index contributed by atoms with van der Waals surface area (Å²) in [6.07, 6.45) is 2.59. The highest BCUT2D eigenvalue weighted by Crippen LogP contribution is 2.25. The van der Waals surface area contributed by atoms with Crippen LogP contribution in [0.2, 0.25) is 0 Å². The van der Waals surface area contributed by atoms with Gasteiger partial charge in [-0.25, -0.2) is 19.6 Å². The number of urea groups is 2. The Morgan fingerprint density at radius 2 is 1.08 bits per heavy atom. The lowest BCUT2D eigenvalue weighted by atomic mass is 10.1. The van der Waals surface area contributed by atoms with Crippen LogP contribution in [0.4, 0.5) is 21.0 Å². The molecular weight excluding hydrogens is 825 g/mol. The fraction of sp³-hybridized carbons (Fsp3) is 0.238. The van der Waals surface area contributed by atoms with Gasteiger partial charge in [0.2, 0.25) is 0 Å². The minimum Gasteiger partial charge on any atom is -0.334 e. The second-order valence-corrected chi connectivity index (χ2v) is 16.3. The first-order valence-corrected chi connectivity index (χ1v) is 22.2. The minimum atomic E-state index is -4.33. The molecule has 0 aliphatic heterocycles. The molecule has 2 heterocycles. The lowest BCUT2D eigenvalue weighted by Gasteiger charge is -2.18. The summed E-state index contributed by atoms with van der Waals surface area (Å²) < 4.78 is 32.8. The van der Waals surface area contributed by atoms with Crippen LogP contribution in [0.3, 0.4) is 0 Å². The van der Waals surface area contributed by atoms with Crippen LogP contribution >= 0.6 is 22.7 Å². The molecule has 0 aliphatic rings. The summed E-state index contributed by atoms with van der Waals surface area (Å²) in [6, 6.07) is 31.0. The molecule has 0 spiro atoms. The Hall–Kier alpha value is -6.21. The van der Waals surface area contributed by atoms with Crippen molar-refractivity contribution < 1.29 is 27.5 Å². The number of carbonyl (C=O) groups is 2. The SMILES string of the molecule is CCc1csc([C@H](Cc2ccc(NS(=O)(=O)O)cc2)NC(=O)NCc2ccccc2)n1.CCc1csc([C@H](Cc2ccc([N+](=O)[O-])cc2)NC(=O)NCc2ccccc2)n1. The van der Waals surface area contributed by atoms with E-state index in [1.165, 1.54) is 34.8 Å². The maximum atomic E-state index is 12.5. The van der Waals surface area contributed by atoms with Gasteiger partial charge in [-0.3, -0.25) is 19.4 Å². The van der Waals surface area contributed by atoms with Gasteiger partial charge in [0.15, 0.2) is 0 Å². The van der Waals surface area contributed by atoms with Gasteiger partial charge in [-0.2, -0.15) is 8.42 Å². The number of rotatable bonds is 17. The molecule has 18 heteroatoms. The van der Waals surface area contributed by atoms with Crippen LogP contribution in [-0.2, 0) is 49.1 Å². The number of nitrogens with zero attached hydrogens (tertiary/aromatic N) is 3. The van der Waals surface area contributed by atoms with Crippen LogP contribution in [0, 0.1) is 10.1 Å². The molecule has 6 rings (SSSR count). The van der Waals surface area contributed by atoms with E-state index in [2.05, 4.69) is 31.2 Å². The first-order chi connectivity index (χ1) is 28.9. The number of non-ortho nitro benzene ring substituents is 1. The molecule has 0 bridgehead atoms. The van der Waals surface area contributed by atoms with Crippen molar-refractivity contribution in [2.45, 2.75) is 64.7 Å². The fourth-order valence-corrected chi connectivity index (χ4v) is 8.09. The van der Waals surface area contributed by atoms with Gasteiger partial charge in [0.25, 0.3) is 5.69 Å². The third kappa shape index (κ3) is 14.9. The molecule has 0 unspecified atom stereocenters. The van der Waals surface area contributed by atoms with Crippen LogP contribution in [0.5, 0.6) is 0 Å². The van der Waals surface area contributed by atoms with Crippen molar-refractivity contribution in [1.82, 2.24) is 31.2 Å². The van der Waals surface area contributed by atoms with Crippen LogP contribution < -0.4 is 26.0 Å². The zero-order valence-electron chi connectivity index (χ0n) is 32.9. The van der Waals surface area contributed by atoms with Gasteiger partial charge in [0.1, 0.15) is 10.0 Å². The average Bonchev–Trinajstić information content (AvgIpc) is 3.94. The maximum absolute atomic E-state index is 12.5. The Bertz CT molecular complexity index is 2400. The van der Waals surface area contributed by atoms with Crippen molar-refractivity contribution in [3.63, 3.8) is 0 Å². The van der Waals surface area contributed by atoms with E-state index in [1.807, 2.05) is 90.0 Å². The lowest BCUT2D eigenvalue weighted by Crippen LogP contribution is -2.38. The van der Waals surface area contributed by atoms with Crippen molar-refractivity contribution in [1.29, 1.82) is 0 Å². The molecule has 6 aromatic rings. The molecule has 314 valence electrons. The molecule has 0 radical (unpaired) electrons. The van der Waals surface area contributed by atoms with Crippen molar-refractivity contribution in [2.24, 2.45) is 0 Å². The van der Waals surface area contributed by atoms with Gasteiger partial charge in [0, 0.05) is 36.0 Å². The van der Waals surface area contributed by atoms with E-state index >= 15 is 0 Å². The predicted octanol–water partition coefficient (Wildman–Crippen LogP) is 8.10. The summed E-state index contributed by atoms with van der Waals surface area (Å²) >= 11 is 2.99. The van der Waals surface area contributed by atoms with Gasteiger partial charge in [-0.1, -0.05) is 98.8 Å². The number of thiazole rings is 2. The molecule has 0 saturated heterocycles. The molecule has 4 amide bonds. The molecule has 2 aromatic heterocycles. The van der Waals surface area contributed by atoms with E-state index in [-0.39, 0.29) is 35.5 Å². The first-order valence-electron chi connectivity index (χ1n) is 19.0. The van der Waals surface area contributed by atoms with Gasteiger partial charge in [0.05, 0.1) is 34.1 Å². The smallest absolute Gasteiger partial charge is 0.334 e. The van der Waals surface area contributed by atoms with Gasteiger partial charge in [-0.05, 0) is 60.1 Å². The van der Waals surface area contributed by atoms with E-state index in [4.69, 9.17) is 4.55 Å². The summed E-state index contributed by atoms with van der Waals surface area (Å²) in [7, 11) is -4.33. The number of nitro benzene ring substituents is 1. The predicted molar refractivity (Wildman–Crippen MR) is 234 cm³/mol. The van der Waals surface area contributed by atoms with E-state index in [1.54, 1.807) is 36.4 Å². The molecule has 4 aromatic carbocycles. The number of hydrogen-bond acceptors (Lipinski definition) is 10. The Labute approximate surface area is 356 Å². The normalized spacial score (nSPS) is 11.9. The Kier molecular flexibility index (Phi) is 16.6. The molecule has 0 aliphatic carbocycles. The topological polar surface area (TPSA) is 218 Å². The average molecular weight is 871 g/mol. The number of carbonyl (C=O) groups excluding carboxylic acids is 2. The van der Waals surface area contributed by atoms with E-state index in [0.29, 0.717) is 25.9 Å². The van der Waals surface area contributed by atoms with Crippen molar-refractivity contribution in [3.8, 4) is 0 Å². The molecule has 15 nitrogen and oxygen atoms in total. The number of anilines is 1. The molecule has 0 fully saturated rings. The Morgan fingerprint density at radius 3 is 1.45 bits per heavy atom. The number of aryl methyl sites for hydroxylation is 2. The number of nitro groups is 1. The van der Waals surface area contributed by atoms with Gasteiger partial charge < -0.3 is 21.3 Å². The third-order valence-corrected chi connectivity index (χ3v) is 11.4. The highest BCUT2D eigenvalue weighted by atomic mass is 32.2. The molecule has 6 N–H and O–H groups in total. The van der Waals surface area contributed by atoms with Crippen molar-refractivity contribution >= 4 is 56.4 Å². The number of nitrogens with one attached hydrogen (secondary N) is 5. The van der Waals surface area contributed by atoms with E-state index in [9.17, 15) is 28.1 Å². The molecule has 0 saturated carbocycles. The summed E-state index contributed by atoms with van der Waals surface area (Å²) in [6.45, 7) is 4.89. The zero-order chi connectivity index (χ0) is 42.9. The highest BCUT2D eigenvalue weighted by Gasteiger charge is 2.21. The van der Waals surface area contributed by atoms with E-state index < -0.39 is 15.2 Å². The number of amides is 4. The highest BCUT2D eigenvalue weighted by molar-refractivity contribution is 7.87. The number of aromatic nitrogens is 2. The summed E-state index contributed by atoms with van der Waals surface area (Å²) in [5.74, 6) is 0. The molecule has 60 heavy (non-hydrogen) atoms. The summed E-state index contributed by atoms with van der Waals surface area (Å²) in [4.78, 5) is 44.7. The zero-order valence-corrected chi connectivity index (χ0v) is 35.4. The standard InChI is InChI=1S/C21H24N4O4S2.C21H22N4O3S/c1-2-17-14-30-20(23-17)19(24-21(26)22-13-16-6-4-3-5-7-16)12-15-8-10-18(11-9-15)25-31(27,28)29;1-2-17-14-29-20(23-17)19(12-15-8-10-18(11-9-15)25(27)28)24-21(26)22-13-16-6-4-3-5-7-16/h3-11,14,19,25H,2,12-13H2,1H3,(H2,22,24,26)(H,27,28,29);3-11,14,19H,2,12-13H2,1H3,(H2,22,24,26)/t2*19-/m00/s1. The summed E-state index contributed by atoms with van der Waals surface area (Å²) in [5, 5.41) is 28.1. The monoisotopic (exact) mass is 870 g/mol. The van der Waals surface area contributed by atoms with E-state index in [0.717, 1.165) is 56.5 Å². The molecule has 2 atom stereocenters. The van der Waals surface area contributed by atoms with Crippen LogP contribution in [0.25, 0.3) is 0 Å². The van der Waals surface area contributed by atoms with Gasteiger partial charge >= 0.3 is 22.4 Å². The fourth-order valence-electron chi connectivity index (χ4n) is 5.75. The Balaban J connectivity index is 0.000000228. The summed E-state index contributed by atoms with van der Waals surface area (Å²) in [5.41, 5.74) is 6.00. The molecular formula is C42H46N8O7S3. The Morgan fingerprint density at radius 1 is 0.667 bits per heavy atom.